The minimum Gasteiger partial charge on any atom is -0.355 e. The molecular weight excluding hydrogens is 361 g/mol. The number of rotatable bonds is 5. The molecule has 4 nitrogen and oxygen atoms in total. The Morgan fingerprint density at radius 2 is 2.00 bits per heavy atom. The Morgan fingerprint density at radius 1 is 1.19 bits per heavy atom. The van der Waals surface area contributed by atoms with Gasteiger partial charge < -0.3 is 10.2 Å². The predicted octanol–water partition coefficient (Wildman–Crippen LogP) is 3.87. The van der Waals surface area contributed by atoms with E-state index in [1.807, 2.05) is 0 Å². The number of nitrogens with one attached hydrogen (secondary N) is 1. The Kier molecular flexibility index (Phi) is 5.83. The smallest absolute Gasteiger partial charge is 0.225 e. The van der Waals surface area contributed by atoms with E-state index in [1.165, 1.54) is 68.7 Å². The summed E-state index contributed by atoms with van der Waals surface area (Å²) >= 11 is 1.50. The van der Waals surface area contributed by atoms with Crippen LogP contribution in [0.1, 0.15) is 37.0 Å². The Hall–Kier alpha value is -1.79. The van der Waals surface area contributed by atoms with Gasteiger partial charge in [-0.1, -0.05) is 6.42 Å². The van der Waals surface area contributed by atoms with Gasteiger partial charge in [-0.3, -0.25) is 4.79 Å². The Bertz CT molecular complexity index is 774. The summed E-state index contributed by atoms with van der Waals surface area (Å²) in [5, 5.41) is 3.98. The molecule has 2 fully saturated rings. The molecule has 2 atom stereocenters. The standard InChI is InChI=1S/C21H26FN3OS/c22-17-8-6-15(7-9-17)21-24-14-18(27-21)12-20(26)23-13-16-4-3-11-25-10-2-1-5-19(16)25/h6-9,14,16,19H,1-5,10-13H2,(H,23,26)/t16-,19+/m0/s1. The third-order valence-electron chi connectivity index (χ3n) is 5.77. The summed E-state index contributed by atoms with van der Waals surface area (Å²) in [4.78, 5) is 20.4. The predicted molar refractivity (Wildman–Crippen MR) is 106 cm³/mol. The molecular formula is C21H26FN3OS. The number of benzene rings is 1. The number of carbonyl (C=O) groups is 1. The second-order valence-corrected chi connectivity index (χ2v) is 8.74. The van der Waals surface area contributed by atoms with E-state index >= 15 is 0 Å². The number of fused-ring (bicyclic) bond motifs is 1. The van der Waals surface area contributed by atoms with Crippen LogP contribution in [0.4, 0.5) is 4.39 Å². The number of hydrogen-bond acceptors (Lipinski definition) is 4. The normalized spacial score (nSPS) is 23.0. The van der Waals surface area contributed by atoms with Crippen molar-refractivity contribution in [1.82, 2.24) is 15.2 Å². The number of hydrogen-bond donors (Lipinski definition) is 1. The van der Waals surface area contributed by atoms with Crippen molar-refractivity contribution in [3.63, 3.8) is 0 Å². The lowest BCUT2D eigenvalue weighted by molar-refractivity contribution is -0.120. The van der Waals surface area contributed by atoms with E-state index in [1.54, 1.807) is 18.3 Å². The lowest BCUT2D eigenvalue weighted by Crippen LogP contribution is -2.51. The molecule has 0 aliphatic carbocycles. The number of piperidine rings is 2. The minimum atomic E-state index is -0.255. The third-order valence-corrected chi connectivity index (χ3v) is 6.82. The molecule has 2 aliphatic heterocycles. The topological polar surface area (TPSA) is 45.2 Å². The number of thiazole rings is 1. The quantitative estimate of drug-likeness (QED) is 0.847. The maximum atomic E-state index is 13.0. The Labute approximate surface area is 163 Å². The van der Waals surface area contributed by atoms with Crippen LogP contribution in [0.15, 0.2) is 30.5 Å². The number of halogens is 1. The van der Waals surface area contributed by atoms with Crippen LogP contribution in [-0.4, -0.2) is 41.5 Å². The molecule has 144 valence electrons. The molecule has 6 heteroatoms. The average molecular weight is 388 g/mol. The number of carbonyl (C=O) groups excluding carboxylic acids is 1. The molecule has 2 aromatic rings. The molecule has 1 N–H and O–H groups in total. The van der Waals surface area contributed by atoms with Crippen molar-refractivity contribution < 1.29 is 9.18 Å². The monoisotopic (exact) mass is 387 g/mol. The van der Waals surface area contributed by atoms with Gasteiger partial charge >= 0.3 is 0 Å². The summed E-state index contributed by atoms with van der Waals surface area (Å²) in [5.74, 6) is 0.394. The highest BCUT2D eigenvalue weighted by Crippen LogP contribution is 2.30. The van der Waals surface area contributed by atoms with Crippen LogP contribution in [0.5, 0.6) is 0 Å². The van der Waals surface area contributed by atoms with Gasteiger partial charge in [-0.15, -0.1) is 11.3 Å². The molecule has 0 unspecified atom stereocenters. The zero-order valence-corrected chi connectivity index (χ0v) is 16.3. The Balaban J connectivity index is 1.30. The van der Waals surface area contributed by atoms with Gasteiger partial charge in [0.15, 0.2) is 0 Å². The average Bonchev–Trinajstić information content (AvgIpc) is 3.15. The van der Waals surface area contributed by atoms with Crippen LogP contribution in [0.2, 0.25) is 0 Å². The first-order valence-electron chi connectivity index (χ1n) is 9.90. The third kappa shape index (κ3) is 4.55. The molecule has 0 radical (unpaired) electrons. The van der Waals surface area contributed by atoms with Gasteiger partial charge in [-0.2, -0.15) is 0 Å². The van der Waals surface area contributed by atoms with Gasteiger partial charge in [0.2, 0.25) is 5.91 Å². The number of aromatic nitrogens is 1. The molecule has 1 aromatic heterocycles. The van der Waals surface area contributed by atoms with E-state index in [0.29, 0.717) is 18.4 Å². The van der Waals surface area contributed by atoms with Gasteiger partial charge in [0.1, 0.15) is 10.8 Å². The van der Waals surface area contributed by atoms with Crippen molar-refractivity contribution in [3.8, 4) is 10.6 Å². The maximum Gasteiger partial charge on any atom is 0.225 e. The van der Waals surface area contributed by atoms with Crippen LogP contribution < -0.4 is 5.32 Å². The summed E-state index contributed by atoms with van der Waals surface area (Å²) in [7, 11) is 0. The van der Waals surface area contributed by atoms with E-state index in [2.05, 4.69) is 15.2 Å². The minimum absolute atomic E-state index is 0.0669. The molecule has 4 rings (SSSR count). The zero-order valence-electron chi connectivity index (χ0n) is 15.5. The molecule has 0 saturated carbocycles. The first-order chi connectivity index (χ1) is 13.2. The van der Waals surface area contributed by atoms with Gasteiger partial charge in [0.05, 0.1) is 6.42 Å². The van der Waals surface area contributed by atoms with Crippen molar-refractivity contribution in [3.05, 3.63) is 41.2 Å². The fraction of sp³-hybridized carbons (Fsp3) is 0.524. The Morgan fingerprint density at radius 3 is 2.85 bits per heavy atom. The zero-order chi connectivity index (χ0) is 18.6. The molecule has 3 heterocycles. The molecule has 0 spiro atoms. The largest absolute Gasteiger partial charge is 0.355 e. The lowest BCUT2D eigenvalue weighted by atomic mass is 9.83. The lowest BCUT2D eigenvalue weighted by Gasteiger charge is -2.44. The van der Waals surface area contributed by atoms with Crippen molar-refractivity contribution in [2.24, 2.45) is 5.92 Å². The van der Waals surface area contributed by atoms with Crippen molar-refractivity contribution in [2.75, 3.05) is 19.6 Å². The SMILES string of the molecule is O=C(Cc1cnc(-c2ccc(F)cc2)s1)NC[C@@H]1CCCN2CCCC[C@H]12. The highest BCUT2D eigenvalue weighted by Gasteiger charge is 2.32. The summed E-state index contributed by atoms with van der Waals surface area (Å²) in [6.07, 6.45) is 8.49. The molecule has 27 heavy (non-hydrogen) atoms. The number of nitrogens with zero attached hydrogens (tertiary/aromatic N) is 2. The van der Waals surface area contributed by atoms with E-state index in [-0.39, 0.29) is 11.7 Å². The highest BCUT2D eigenvalue weighted by atomic mass is 32.1. The second kappa shape index (κ2) is 8.48. The highest BCUT2D eigenvalue weighted by molar-refractivity contribution is 7.15. The van der Waals surface area contributed by atoms with Crippen molar-refractivity contribution >= 4 is 17.2 Å². The van der Waals surface area contributed by atoms with Crippen LogP contribution in [0.25, 0.3) is 10.6 Å². The summed E-state index contributed by atoms with van der Waals surface area (Å²) in [5.41, 5.74) is 0.882. The summed E-state index contributed by atoms with van der Waals surface area (Å²) in [6.45, 7) is 3.23. The van der Waals surface area contributed by atoms with E-state index < -0.39 is 0 Å². The van der Waals surface area contributed by atoms with Gasteiger partial charge in [0, 0.05) is 29.2 Å². The fourth-order valence-corrected chi connectivity index (χ4v) is 5.31. The molecule has 2 aliphatic rings. The fourth-order valence-electron chi connectivity index (χ4n) is 4.40. The molecule has 1 aromatic carbocycles. The van der Waals surface area contributed by atoms with E-state index in [4.69, 9.17) is 0 Å². The molecule has 0 bridgehead atoms. The van der Waals surface area contributed by atoms with Crippen molar-refractivity contribution in [2.45, 2.75) is 44.6 Å². The summed E-state index contributed by atoms with van der Waals surface area (Å²) in [6, 6.07) is 6.96. The van der Waals surface area contributed by atoms with Gasteiger partial charge in [0.25, 0.3) is 0 Å². The van der Waals surface area contributed by atoms with Crippen LogP contribution in [0, 0.1) is 11.7 Å². The second-order valence-electron chi connectivity index (χ2n) is 7.62. The van der Waals surface area contributed by atoms with Gasteiger partial charge in [-0.25, -0.2) is 9.37 Å². The van der Waals surface area contributed by atoms with Crippen molar-refractivity contribution in [1.29, 1.82) is 0 Å². The first kappa shape index (κ1) is 18.6. The van der Waals surface area contributed by atoms with Crippen LogP contribution in [-0.2, 0) is 11.2 Å². The summed E-state index contributed by atoms with van der Waals surface area (Å²) < 4.78 is 13.0. The van der Waals surface area contributed by atoms with Gasteiger partial charge in [-0.05, 0) is 69.0 Å². The molecule has 1 amide bonds. The van der Waals surface area contributed by atoms with E-state index in [0.717, 1.165) is 22.0 Å². The van der Waals surface area contributed by atoms with Crippen LogP contribution in [0.3, 0.4) is 0 Å². The van der Waals surface area contributed by atoms with Crippen LogP contribution >= 0.6 is 11.3 Å². The first-order valence-corrected chi connectivity index (χ1v) is 10.7. The van der Waals surface area contributed by atoms with E-state index in [9.17, 15) is 9.18 Å². The maximum absolute atomic E-state index is 13.0. The number of amides is 1. The molecule has 2 saturated heterocycles.